The Labute approximate surface area is 144 Å². The molecule has 0 spiro atoms. The minimum atomic E-state index is -0.0730. The van der Waals surface area contributed by atoms with Crippen molar-refractivity contribution in [3.05, 3.63) is 29.5 Å². The van der Waals surface area contributed by atoms with Crippen molar-refractivity contribution in [1.29, 1.82) is 0 Å². The summed E-state index contributed by atoms with van der Waals surface area (Å²) in [6, 6.07) is 1.94. The summed E-state index contributed by atoms with van der Waals surface area (Å²) >= 11 is 4.74. The number of pyridine rings is 1. The number of nitrogens with one attached hydrogen (secondary N) is 1. The summed E-state index contributed by atoms with van der Waals surface area (Å²) in [5.41, 5.74) is 7.19. The van der Waals surface area contributed by atoms with Gasteiger partial charge in [0.05, 0.1) is 17.7 Å². The zero-order chi connectivity index (χ0) is 17.1. The zero-order valence-electron chi connectivity index (χ0n) is 13.0. The average molecular weight is 346 g/mol. The molecular weight excluding hydrogens is 328 g/mol. The van der Waals surface area contributed by atoms with Crippen molar-refractivity contribution in [1.82, 2.24) is 9.88 Å². The number of thiocarbonyl (C=S) groups is 1. The molecular formula is C16H18N4O3S. The summed E-state index contributed by atoms with van der Waals surface area (Å²) in [7, 11) is 0. The maximum atomic E-state index is 12.1. The molecule has 24 heavy (non-hydrogen) atoms. The fourth-order valence-electron chi connectivity index (χ4n) is 2.56. The van der Waals surface area contributed by atoms with Crippen molar-refractivity contribution >= 4 is 40.9 Å². The van der Waals surface area contributed by atoms with Crippen LogP contribution in [-0.2, 0) is 20.7 Å². The van der Waals surface area contributed by atoms with Gasteiger partial charge in [-0.15, -0.1) is 0 Å². The molecule has 126 valence electrons. The molecule has 7 nitrogen and oxygen atoms in total. The predicted molar refractivity (Wildman–Crippen MR) is 93.3 cm³/mol. The number of rotatable bonds is 5. The number of anilines is 1. The lowest BCUT2D eigenvalue weighted by Gasteiger charge is -2.38. The third-order valence-corrected chi connectivity index (χ3v) is 4.02. The molecule has 1 aromatic rings. The van der Waals surface area contributed by atoms with Crippen molar-refractivity contribution in [2.24, 2.45) is 5.73 Å². The smallest absolute Gasteiger partial charge is 0.246 e. The van der Waals surface area contributed by atoms with Crippen LogP contribution in [-0.4, -0.2) is 52.5 Å². The van der Waals surface area contributed by atoms with Gasteiger partial charge in [0, 0.05) is 31.8 Å². The maximum Gasteiger partial charge on any atom is 0.246 e. The van der Waals surface area contributed by atoms with Gasteiger partial charge in [-0.25, -0.2) is 4.98 Å². The number of fused-ring (bicyclic) bond motifs is 1. The molecule has 3 N–H and O–H groups in total. The number of nitrogens with two attached hydrogens (primary N) is 1. The Hall–Kier alpha value is -2.32. The monoisotopic (exact) mass is 346 g/mol. The van der Waals surface area contributed by atoms with Crippen LogP contribution in [0.2, 0.25) is 0 Å². The van der Waals surface area contributed by atoms with E-state index in [4.69, 9.17) is 22.7 Å². The molecule has 1 fully saturated rings. The minimum Gasteiger partial charge on any atom is -0.391 e. The van der Waals surface area contributed by atoms with Crippen molar-refractivity contribution in [3.63, 3.8) is 0 Å². The van der Waals surface area contributed by atoms with E-state index < -0.39 is 0 Å². The standard InChI is InChI=1S/C16H18N4O3S/c17-13(24)9-23-12-7-20(8-12)15(22)4-1-10-5-11-2-3-14(21)19-16(11)18-6-10/h1,4-6,12H,2-3,7-9H2,(H2,17,24)(H,18,19,21). The van der Waals surface area contributed by atoms with E-state index in [1.54, 1.807) is 17.2 Å². The molecule has 0 radical (unpaired) electrons. The molecule has 1 aromatic heterocycles. The molecule has 3 heterocycles. The van der Waals surface area contributed by atoms with Crippen LogP contribution in [0.15, 0.2) is 18.3 Å². The molecule has 2 aliphatic rings. The lowest BCUT2D eigenvalue weighted by atomic mass is 10.0. The second-order valence-electron chi connectivity index (χ2n) is 5.80. The average Bonchev–Trinajstić information content (AvgIpc) is 2.51. The third-order valence-electron chi connectivity index (χ3n) is 3.91. The van der Waals surface area contributed by atoms with Gasteiger partial charge in [0.25, 0.3) is 0 Å². The van der Waals surface area contributed by atoms with Gasteiger partial charge in [-0.1, -0.05) is 12.2 Å². The number of carbonyl (C=O) groups excluding carboxylic acids is 2. The van der Waals surface area contributed by atoms with E-state index >= 15 is 0 Å². The fraction of sp³-hybridized carbons (Fsp3) is 0.375. The van der Waals surface area contributed by atoms with E-state index in [0.29, 0.717) is 36.7 Å². The van der Waals surface area contributed by atoms with Crippen molar-refractivity contribution in [2.45, 2.75) is 18.9 Å². The fourth-order valence-corrected chi connectivity index (χ4v) is 2.63. The van der Waals surface area contributed by atoms with Crippen LogP contribution in [0.25, 0.3) is 6.08 Å². The Morgan fingerprint density at radius 2 is 2.29 bits per heavy atom. The topological polar surface area (TPSA) is 97.6 Å². The lowest BCUT2D eigenvalue weighted by Crippen LogP contribution is -2.54. The molecule has 1 saturated heterocycles. The summed E-state index contributed by atoms with van der Waals surface area (Å²) in [6.07, 6.45) is 6.01. The van der Waals surface area contributed by atoms with Crippen LogP contribution in [0.5, 0.6) is 0 Å². The van der Waals surface area contributed by atoms with Crippen LogP contribution >= 0.6 is 12.2 Å². The van der Waals surface area contributed by atoms with E-state index in [1.807, 2.05) is 6.07 Å². The van der Waals surface area contributed by atoms with Gasteiger partial charge in [0.15, 0.2) is 0 Å². The second-order valence-corrected chi connectivity index (χ2v) is 6.32. The van der Waals surface area contributed by atoms with Gasteiger partial charge in [-0.05, 0) is 29.7 Å². The first-order valence-corrected chi connectivity index (χ1v) is 8.08. The SMILES string of the molecule is NC(=S)COC1CN(C(=O)C=Cc2cnc3c(c2)CCC(=O)N3)C1. The summed E-state index contributed by atoms with van der Waals surface area (Å²) in [5, 5.41) is 2.73. The van der Waals surface area contributed by atoms with E-state index in [-0.39, 0.29) is 24.5 Å². The Kier molecular flexibility index (Phi) is 4.86. The van der Waals surface area contributed by atoms with Gasteiger partial charge in [0.2, 0.25) is 11.8 Å². The highest BCUT2D eigenvalue weighted by molar-refractivity contribution is 7.80. The van der Waals surface area contributed by atoms with Gasteiger partial charge in [-0.2, -0.15) is 0 Å². The molecule has 0 aromatic carbocycles. The largest absolute Gasteiger partial charge is 0.391 e. The number of carbonyl (C=O) groups is 2. The highest BCUT2D eigenvalue weighted by Gasteiger charge is 2.30. The maximum absolute atomic E-state index is 12.1. The highest BCUT2D eigenvalue weighted by Crippen LogP contribution is 2.21. The normalized spacial score (nSPS) is 17.3. The van der Waals surface area contributed by atoms with Gasteiger partial charge in [-0.3, -0.25) is 9.59 Å². The Morgan fingerprint density at radius 3 is 3.04 bits per heavy atom. The molecule has 0 atom stereocenters. The van der Waals surface area contributed by atoms with E-state index in [0.717, 1.165) is 11.1 Å². The molecule has 2 aliphatic heterocycles. The number of likely N-dealkylation sites (tertiary alicyclic amines) is 1. The van der Waals surface area contributed by atoms with Crippen molar-refractivity contribution < 1.29 is 14.3 Å². The molecule has 0 bridgehead atoms. The van der Waals surface area contributed by atoms with Crippen LogP contribution in [0.3, 0.4) is 0 Å². The van der Waals surface area contributed by atoms with Crippen molar-refractivity contribution in [2.75, 3.05) is 25.0 Å². The first kappa shape index (κ1) is 16.5. The number of nitrogens with zero attached hydrogens (tertiary/aromatic N) is 2. The molecule has 8 heteroatoms. The van der Waals surface area contributed by atoms with Crippen LogP contribution in [0, 0.1) is 0 Å². The van der Waals surface area contributed by atoms with Gasteiger partial charge in [0.1, 0.15) is 5.82 Å². The highest BCUT2D eigenvalue weighted by atomic mass is 32.1. The number of amides is 2. The second kappa shape index (κ2) is 7.06. The van der Waals surface area contributed by atoms with E-state index in [1.165, 1.54) is 6.08 Å². The minimum absolute atomic E-state index is 0.00197. The third kappa shape index (κ3) is 3.95. The Morgan fingerprint density at radius 1 is 1.50 bits per heavy atom. The number of hydrogen-bond acceptors (Lipinski definition) is 5. The van der Waals surface area contributed by atoms with Crippen LogP contribution in [0.4, 0.5) is 5.82 Å². The summed E-state index contributed by atoms with van der Waals surface area (Å²) in [6.45, 7) is 1.33. The van der Waals surface area contributed by atoms with Crippen LogP contribution in [0.1, 0.15) is 17.5 Å². The Bertz CT molecular complexity index is 713. The summed E-state index contributed by atoms with van der Waals surface area (Å²) in [4.78, 5) is 29.6. The first-order chi connectivity index (χ1) is 11.5. The van der Waals surface area contributed by atoms with Gasteiger partial charge < -0.3 is 20.7 Å². The molecule has 2 amide bonds. The number of ether oxygens (including phenoxy) is 1. The predicted octanol–water partition coefficient (Wildman–Crippen LogP) is 0.493. The molecule has 3 rings (SSSR count). The van der Waals surface area contributed by atoms with E-state index in [2.05, 4.69) is 10.3 Å². The quantitative estimate of drug-likeness (QED) is 0.595. The lowest BCUT2D eigenvalue weighted by molar-refractivity contribution is -0.138. The number of hydrogen-bond donors (Lipinski definition) is 2. The molecule has 0 unspecified atom stereocenters. The van der Waals surface area contributed by atoms with Crippen LogP contribution < -0.4 is 11.1 Å². The first-order valence-electron chi connectivity index (χ1n) is 7.67. The number of aryl methyl sites for hydroxylation is 1. The van der Waals surface area contributed by atoms with Gasteiger partial charge >= 0.3 is 0 Å². The van der Waals surface area contributed by atoms with Crippen molar-refractivity contribution in [3.8, 4) is 0 Å². The van der Waals surface area contributed by atoms with E-state index in [9.17, 15) is 9.59 Å². The molecule has 0 saturated carbocycles. The number of aromatic nitrogens is 1. The molecule has 0 aliphatic carbocycles. The zero-order valence-corrected chi connectivity index (χ0v) is 13.8. The summed E-state index contributed by atoms with van der Waals surface area (Å²) < 4.78 is 5.42. The Balaban J connectivity index is 1.52. The summed E-state index contributed by atoms with van der Waals surface area (Å²) in [5.74, 6) is 0.518.